The maximum atomic E-state index is 13.2. The van der Waals surface area contributed by atoms with E-state index in [2.05, 4.69) is 0 Å². The van der Waals surface area contributed by atoms with Crippen LogP contribution >= 0.6 is 46.6 Å². The number of alkyl halides is 3. The number of benzene rings is 1. The van der Waals surface area contributed by atoms with E-state index in [1.54, 1.807) is 16.7 Å². The Balaban J connectivity index is 1.99. The van der Waals surface area contributed by atoms with Gasteiger partial charge in [0.2, 0.25) is 9.70 Å². The van der Waals surface area contributed by atoms with Crippen LogP contribution in [-0.2, 0) is 20.7 Å². The molecule has 1 aromatic rings. The molecule has 0 bridgehead atoms. The molecule has 2 fully saturated rings. The van der Waals surface area contributed by atoms with Gasteiger partial charge in [-0.15, -0.1) is 11.8 Å². The summed E-state index contributed by atoms with van der Waals surface area (Å²) in [6.07, 6.45) is 0.789. The average molecular weight is 423 g/mol. The number of fused-ring (bicyclic) bond motifs is 1. The van der Waals surface area contributed by atoms with E-state index in [0.717, 1.165) is 5.56 Å². The Bertz CT molecular complexity index is 692. The maximum Gasteiger partial charge on any atom is 0.334 e. The van der Waals surface area contributed by atoms with Crippen molar-refractivity contribution in [1.82, 2.24) is 4.90 Å². The Morgan fingerprint density at radius 1 is 1.32 bits per heavy atom. The molecule has 3 rings (SSSR count). The van der Waals surface area contributed by atoms with Crippen LogP contribution in [0.2, 0.25) is 0 Å². The Hall–Kier alpha value is -0.620. The van der Waals surface area contributed by atoms with Crippen molar-refractivity contribution in [3.05, 3.63) is 35.9 Å². The fraction of sp³-hybridized carbons (Fsp3) is 0.529. The maximum absolute atomic E-state index is 13.2. The molecule has 0 saturated carbocycles. The second-order valence-corrected chi connectivity index (χ2v) is 11.1. The van der Waals surface area contributed by atoms with Crippen molar-refractivity contribution in [1.29, 1.82) is 0 Å². The number of halogens is 3. The fourth-order valence-corrected chi connectivity index (χ4v) is 5.46. The molecule has 2 heterocycles. The highest BCUT2D eigenvalue weighted by Crippen LogP contribution is 2.58. The molecule has 2 atom stereocenters. The first kappa shape index (κ1) is 19.2. The van der Waals surface area contributed by atoms with Crippen molar-refractivity contribution < 1.29 is 14.3 Å². The normalized spacial score (nSPS) is 27.6. The molecular formula is C17H18Cl3NO3S. The van der Waals surface area contributed by atoms with Gasteiger partial charge in [-0.25, -0.2) is 4.79 Å². The second kappa shape index (κ2) is 6.52. The Morgan fingerprint density at radius 2 is 1.96 bits per heavy atom. The van der Waals surface area contributed by atoms with Gasteiger partial charge in [-0.1, -0.05) is 65.1 Å². The molecule has 0 radical (unpaired) electrons. The van der Waals surface area contributed by atoms with Gasteiger partial charge in [0, 0.05) is 11.2 Å². The third-order valence-corrected chi connectivity index (χ3v) is 6.66. The minimum Gasteiger partial charge on any atom is -0.459 e. The highest BCUT2D eigenvalue weighted by molar-refractivity contribution is 8.01. The quantitative estimate of drug-likeness (QED) is 0.418. The standard InChI is InChI=1S/C17H18Cl3NO3S/c1-15(2)16(9-11-6-4-3-5-7-11,14(23)24-10-17(18,19)20)21-12(22)8-13(21)25-15/h3-7,13H,8-10H2,1-2H3/t13-,16+/m1/s1. The molecule has 4 nitrogen and oxygen atoms in total. The molecule has 2 saturated heterocycles. The van der Waals surface area contributed by atoms with Crippen LogP contribution in [0, 0.1) is 0 Å². The summed E-state index contributed by atoms with van der Waals surface area (Å²) in [6.45, 7) is 3.56. The summed E-state index contributed by atoms with van der Waals surface area (Å²) in [5.74, 6) is -0.583. The number of carbonyl (C=O) groups is 2. The minimum absolute atomic E-state index is 0.0217. The van der Waals surface area contributed by atoms with Gasteiger partial charge in [0.25, 0.3) is 0 Å². The highest BCUT2D eigenvalue weighted by atomic mass is 35.6. The highest BCUT2D eigenvalue weighted by Gasteiger charge is 2.69. The summed E-state index contributed by atoms with van der Waals surface area (Å²) in [4.78, 5) is 27.2. The Kier molecular flexibility index (Phi) is 4.99. The van der Waals surface area contributed by atoms with Crippen LogP contribution < -0.4 is 0 Å². The first-order chi connectivity index (χ1) is 11.6. The first-order valence-corrected chi connectivity index (χ1v) is 9.86. The SMILES string of the molecule is CC1(C)S[C@@H]2CC(=O)N2[C@@]1(Cc1ccccc1)C(=O)OCC(Cl)(Cl)Cl. The van der Waals surface area contributed by atoms with Crippen molar-refractivity contribution in [3.63, 3.8) is 0 Å². The summed E-state index contributed by atoms with van der Waals surface area (Å²) < 4.78 is 3.13. The number of esters is 1. The number of β-lactam (4-membered cyclic amide) rings is 1. The van der Waals surface area contributed by atoms with Crippen molar-refractivity contribution in [2.45, 2.75) is 46.1 Å². The lowest BCUT2D eigenvalue weighted by molar-refractivity contribution is -0.172. The van der Waals surface area contributed by atoms with E-state index in [-0.39, 0.29) is 17.9 Å². The van der Waals surface area contributed by atoms with E-state index in [9.17, 15) is 9.59 Å². The second-order valence-electron chi connectivity index (χ2n) is 6.76. The van der Waals surface area contributed by atoms with Gasteiger partial charge < -0.3 is 9.64 Å². The third-order valence-electron chi connectivity index (χ3n) is 4.75. The van der Waals surface area contributed by atoms with Gasteiger partial charge in [-0.2, -0.15) is 0 Å². The van der Waals surface area contributed by atoms with Gasteiger partial charge in [0.1, 0.15) is 6.61 Å². The zero-order valence-corrected chi connectivity index (χ0v) is 16.9. The summed E-state index contributed by atoms with van der Waals surface area (Å²) >= 11 is 18.8. The van der Waals surface area contributed by atoms with Crippen LogP contribution in [0.15, 0.2) is 30.3 Å². The van der Waals surface area contributed by atoms with E-state index < -0.39 is 20.0 Å². The van der Waals surface area contributed by atoms with Crippen molar-refractivity contribution in [2.75, 3.05) is 6.61 Å². The van der Waals surface area contributed by atoms with Crippen molar-refractivity contribution >= 4 is 58.4 Å². The summed E-state index contributed by atoms with van der Waals surface area (Å²) in [6, 6.07) is 9.58. The monoisotopic (exact) mass is 421 g/mol. The molecule has 8 heteroatoms. The number of ether oxygens (including phenoxy) is 1. The molecule has 0 unspecified atom stereocenters. The molecule has 0 aromatic heterocycles. The fourth-order valence-electron chi connectivity index (χ4n) is 3.54. The molecule has 0 N–H and O–H groups in total. The van der Waals surface area contributed by atoms with Gasteiger partial charge in [-0.3, -0.25) is 4.79 Å². The van der Waals surface area contributed by atoms with E-state index in [1.165, 1.54) is 0 Å². The lowest BCUT2D eigenvalue weighted by Crippen LogP contribution is -2.68. The topological polar surface area (TPSA) is 46.6 Å². The molecule has 2 aliphatic rings. The van der Waals surface area contributed by atoms with Crippen LogP contribution in [0.3, 0.4) is 0 Å². The number of hydrogen-bond donors (Lipinski definition) is 0. The molecule has 1 amide bonds. The zero-order valence-electron chi connectivity index (χ0n) is 13.8. The Morgan fingerprint density at radius 3 is 2.52 bits per heavy atom. The summed E-state index contributed by atoms with van der Waals surface area (Å²) in [7, 11) is 0. The number of hydrogen-bond acceptors (Lipinski definition) is 4. The lowest BCUT2D eigenvalue weighted by Gasteiger charge is -2.47. The molecule has 136 valence electrons. The number of amides is 1. The smallest absolute Gasteiger partial charge is 0.334 e. The van der Waals surface area contributed by atoms with Gasteiger partial charge in [-0.05, 0) is 19.4 Å². The molecular weight excluding hydrogens is 405 g/mol. The largest absolute Gasteiger partial charge is 0.459 e. The molecule has 25 heavy (non-hydrogen) atoms. The predicted molar refractivity (Wildman–Crippen MR) is 101 cm³/mol. The number of carbonyl (C=O) groups excluding carboxylic acids is 2. The molecule has 2 aliphatic heterocycles. The van der Waals surface area contributed by atoms with E-state index >= 15 is 0 Å². The predicted octanol–water partition coefficient (Wildman–Crippen LogP) is 3.97. The number of thioether (sulfide) groups is 1. The van der Waals surface area contributed by atoms with Gasteiger partial charge in [0.15, 0.2) is 5.54 Å². The third kappa shape index (κ3) is 3.36. The van der Waals surface area contributed by atoms with Crippen LogP contribution in [0.5, 0.6) is 0 Å². The van der Waals surface area contributed by atoms with Crippen LogP contribution in [0.1, 0.15) is 25.8 Å². The zero-order chi connectivity index (χ0) is 18.5. The Labute approximate surface area is 166 Å². The molecule has 1 aromatic carbocycles. The van der Waals surface area contributed by atoms with Crippen LogP contribution in [-0.4, -0.2) is 42.8 Å². The lowest BCUT2D eigenvalue weighted by atomic mass is 9.77. The van der Waals surface area contributed by atoms with Gasteiger partial charge >= 0.3 is 5.97 Å². The van der Waals surface area contributed by atoms with E-state index in [4.69, 9.17) is 39.5 Å². The summed E-state index contributed by atoms with van der Waals surface area (Å²) in [5, 5.41) is -0.0217. The first-order valence-electron chi connectivity index (χ1n) is 7.85. The van der Waals surface area contributed by atoms with E-state index in [0.29, 0.717) is 12.8 Å². The van der Waals surface area contributed by atoms with Crippen LogP contribution in [0.25, 0.3) is 0 Å². The minimum atomic E-state index is -1.70. The molecule has 0 aliphatic carbocycles. The summed E-state index contributed by atoms with van der Waals surface area (Å²) in [5.41, 5.74) is -0.183. The molecule has 0 spiro atoms. The van der Waals surface area contributed by atoms with E-state index in [1.807, 2.05) is 44.2 Å². The average Bonchev–Trinajstić information content (AvgIpc) is 2.68. The van der Waals surface area contributed by atoms with Crippen molar-refractivity contribution in [3.8, 4) is 0 Å². The van der Waals surface area contributed by atoms with Gasteiger partial charge in [0.05, 0.1) is 11.8 Å². The van der Waals surface area contributed by atoms with Crippen molar-refractivity contribution in [2.24, 2.45) is 0 Å². The number of rotatable bonds is 4. The number of nitrogens with zero attached hydrogens (tertiary/aromatic N) is 1. The van der Waals surface area contributed by atoms with Crippen LogP contribution in [0.4, 0.5) is 0 Å².